The molecule has 10 N–H and O–H groups in total. The van der Waals surface area contributed by atoms with Gasteiger partial charge in [-0.25, -0.2) is 4.79 Å². The third-order valence-electron chi connectivity index (χ3n) is 5.54. The van der Waals surface area contributed by atoms with Gasteiger partial charge < -0.3 is 38.3 Å². The first-order chi connectivity index (χ1) is 16.7. The van der Waals surface area contributed by atoms with Gasteiger partial charge in [0.1, 0.15) is 18.1 Å². The average Bonchev–Trinajstić information content (AvgIpc) is 2.83. The zero-order chi connectivity index (χ0) is 26.2. The van der Waals surface area contributed by atoms with Gasteiger partial charge in [0.25, 0.3) is 0 Å². The summed E-state index contributed by atoms with van der Waals surface area (Å²) in [7, 11) is 0. The molecule has 3 amide bonds. The second kappa shape index (κ2) is 16.6. The molecule has 0 unspecified atom stereocenters. The van der Waals surface area contributed by atoms with Crippen molar-refractivity contribution in [2.45, 2.75) is 76.0 Å². The summed E-state index contributed by atoms with van der Waals surface area (Å²) in [5.74, 6) is -2.84. The lowest BCUT2D eigenvalue weighted by atomic mass is 10.0. The number of amides is 3. The molecule has 0 fully saturated rings. The first-order valence-corrected chi connectivity index (χ1v) is 12.0. The van der Waals surface area contributed by atoms with Crippen molar-refractivity contribution in [2.75, 3.05) is 13.1 Å². The van der Waals surface area contributed by atoms with Crippen LogP contribution in [-0.4, -0.2) is 66.1 Å². The predicted octanol–water partition coefficient (Wildman–Crippen LogP) is -0.627. The summed E-state index contributed by atoms with van der Waals surface area (Å²) in [6.45, 7) is 2.38. The number of hydrogen-bond acceptors (Lipinski definition) is 7. The molecular weight excluding hydrogens is 452 g/mol. The molecule has 1 aromatic rings. The lowest BCUT2D eigenvalue weighted by Gasteiger charge is -2.24. The third kappa shape index (κ3) is 11.8. The number of nitrogens with two attached hydrogens (primary N) is 3. The summed E-state index contributed by atoms with van der Waals surface area (Å²) < 4.78 is 0. The molecule has 0 aliphatic heterocycles. The van der Waals surface area contributed by atoms with Gasteiger partial charge in [-0.05, 0) is 57.7 Å². The van der Waals surface area contributed by atoms with Crippen LogP contribution in [0.15, 0.2) is 30.3 Å². The number of carbonyl (C=O) groups excluding carboxylic acids is 3. The summed E-state index contributed by atoms with van der Waals surface area (Å²) in [5.41, 5.74) is 17.7. The average molecular weight is 493 g/mol. The maximum Gasteiger partial charge on any atom is 0.326 e. The van der Waals surface area contributed by atoms with Gasteiger partial charge in [0, 0.05) is 6.42 Å². The van der Waals surface area contributed by atoms with Crippen molar-refractivity contribution in [2.24, 2.45) is 17.2 Å². The smallest absolute Gasteiger partial charge is 0.326 e. The lowest BCUT2D eigenvalue weighted by molar-refractivity contribution is -0.142. The van der Waals surface area contributed by atoms with Crippen LogP contribution in [0.4, 0.5) is 0 Å². The molecule has 11 nitrogen and oxygen atoms in total. The van der Waals surface area contributed by atoms with Crippen LogP contribution in [0.1, 0.15) is 51.0 Å². The number of rotatable bonds is 17. The SMILES string of the molecule is C[C@H](NC(=O)[C@H](Cc1ccccc1)NC(=O)[C@@H](N)CCCCN)C(=O)N[C@@H](CCCCN)C(=O)O. The highest BCUT2D eigenvalue weighted by molar-refractivity contribution is 5.94. The number of carboxylic acid groups (broad SMARTS) is 1. The standard InChI is InChI=1S/C24H40N6O5/c1-16(21(31)29-19(24(34)35)12-6-8-14-26)28-23(33)20(15-17-9-3-2-4-10-17)30-22(32)18(27)11-5-7-13-25/h2-4,9-10,16,18-20H,5-8,11-15,25-27H2,1H3,(H,28,33)(H,29,31)(H,30,32)(H,34,35)/t16-,18-,19-,20-/m0/s1. The van der Waals surface area contributed by atoms with Crippen molar-refractivity contribution in [1.82, 2.24) is 16.0 Å². The van der Waals surface area contributed by atoms with Crippen molar-refractivity contribution >= 4 is 23.7 Å². The van der Waals surface area contributed by atoms with Crippen LogP contribution < -0.4 is 33.2 Å². The van der Waals surface area contributed by atoms with Crippen molar-refractivity contribution < 1.29 is 24.3 Å². The fraction of sp³-hybridized carbons (Fsp3) is 0.583. The Hall–Kier alpha value is -3.02. The normalized spacial score (nSPS) is 14.3. The summed E-state index contributed by atoms with van der Waals surface area (Å²) >= 11 is 0. The van der Waals surface area contributed by atoms with Gasteiger partial charge >= 0.3 is 5.97 Å². The molecule has 1 aromatic carbocycles. The highest BCUT2D eigenvalue weighted by atomic mass is 16.4. The van der Waals surface area contributed by atoms with E-state index in [0.717, 1.165) is 12.0 Å². The molecule has 0 aliphatic rings. The van der Waals surface area contributed by atoms with Gasteiger partial charge in [0.2, 0.25) is 17.7 Å². The van der Waals surface area contributed by atoms with E-state index in [2.05, 4.69) is 16.0 Å². The van der Waals surface area contributed by atoms with Crippen molar-refractivity contribution in [3.63, 3.8) is 0 Å². The summed E-state index contributed by atoms with van der Waals surface area (Å²) in [4.78, 5) is 49.6. The molecule has 35 heavy (non-hydrogen) atoms. The van der Waals surface area contributed by atoms with E-state index in [1.807, 2.05) is 30.3 Å². The molecular formula is C24H40N6O5. The van der Waals surface area contributed by atoms with Gasteiger partial charge in [-0.15, -0.1) is 0 Å². The van der Waals surface area contributed by atoms with Gasteiger partial charge in [-0.3, -0.25) is 14.4 Å². The highest BCUT2D eigenvalue weighted by Gasteiger charge is 2.28. The van der Waals surface area contributed by atoms with E-state index in [-0.39, 0.29) is 12.8 Å². The zero-order valence-electron chi connectivity index (χ0n) is 20.4. The first-order valence-electron chi connectivity index (χ1n) is 12.0. The van der Waals surface area contributed by atoms with Crippen molar-refractivity contribution in [3.05, 3.63) is 35.9 Å². The minimum Gasteiger partial charge on any atom is -0.480 e. The topological polar surface area (TPSA) is 203 Å². The van der Waals surface area contributed by atoms with E-state index in [1.165, 1.54) is 6.92 Å². The van der Waals surface area contributed by atoms with Gasteiger partial charge in [-0.1, -0.05) is 36.8 Å². The van der Waals surface area contributed by atoms with E-state index in [0.29, 0.717) is 38.8 Å². The minimum atomic E-state index is -1.16. The molecule has 0 spiro atoms. The Balaban J connectivity index is 2.82. The Morgan fingerprint density at radius 3 is 1.94 bits per heavy atom. The summed E-state index contributed by atoms with van der Waals surface area (Å²) in [6.07, 6.45) is 3.47. The summed E-state index contributed by atoms with van der Waals surface area (Å²) in [6, 6.07) is 5.24. The number of carboxylic acids is 1. The van der Waals surface area contributed by atoms with Crippen LogP contribution in [0.5, 0.6) is 0 Å². The lowest BCUT2D eigenvalue weighted by Crippen LogP contribution is -2.56. The quantitative estimate of drug-likeness (QED) is 0.139. The second-order valence-electron chi connectivity index (χ2n) is 8.56. The zero-order valence-corrected chi connectivity index (χ0v) is 20.4. The van der Waals surface area contributed by atoms with E-state index >= 15 is 0 Å². The van der Waals surface area contributed by atoms with Crippen LogP contribution in [0, 0.1) is 0 Å². The third-order valence-corrected chi connectivity index (χ3v) is 5.54. The van der Waals surface area contributed by atoms with Crippen LogP contribution in [0.25, 0.3) is 0 Å². The van der Waals surface area contributed by atoms with Crippen molar-refractivity contribution in [1.29, 1.82) is 0 Å². The predicted molar refractivity (Wildman–Crippen MR) is 133 cm³/mol. The van der Waals surface area contributed by atoms with E-state index < -0.39 is 47.9 Å². The molecule has 11 heteroatoms. The number of carbonyl (C=O) groups is 4. The molecule has 0 aliphatic carbocycles. The van der Waals surface area contributed by atoms with Crippen molar-refractivity contribution in [3.8, 4) is 0 Å². The Morgan fingerprint density at radius 1 is 0.800 bits per heavy atom. The minimum absolute atomic E-state index is 0.194. The Kier molecular flexibility index (Phi) is 14.2. The van der Waals surface area contributed by atoms with Gasteiger partial charge in [-0.2, -0.15) is 0 Å². The molecule has 0 bridgehead atoms. The van der Waals surface area contributed by atoms with Crippen LogP contribution in [0.2, 0.25) is 0 Å². The fourth-order valence-corrected chi connectivity index (χ4v) is 3.40. The van der Waals surface area contributed by atoms with Crippen LogP contribution in [-0.2, 0) is 25.6 Å². The van der Waals surface area contributed by atoms with Gasteiger partial charge in [0.05, 0.1) is 6.04 Å². The molecule has 0 radical (unpaired) electrons. The summed E-state index contributed by atoms with van der Waals surface area (Å²) in [5, 5.41) is 17.1. The van der Waals surface area contributed by atoms with E-state index in [9.17, 15) is 24.3 Å². The fourth-order valence-electron chi connectivity index (χ4n) is 3.40. The molecule has 0 saturated carbocycles. The van der Waals surface area contributed by atoms with E-state index in [1.54, 1.807) is 0 Å². The number of nitrogens with one attached hydrogen (secondary N) is 3. The monoisotopic (exact) mass is 492 g/mol. The molecule has 0 aromatic heterocycles. The molecule has 196 valence electrons. The number of unbranched alkanes of at least 4 members (excludes halogenated alkanes) is 2. The highest BCUT2D eigenvalue weighted by Crippen LogP contribution is 2.06. The maximum absolute atomic E-state index is 13.0. The molecule has 4 atom stereocenters. The largest absolute Gasteiger partial charge is 0.480 e. The Bertz CT molecular complexity index is 807. The van der Waals surface area contributed by atoms with Gasteiger partial charge in [0.15, 0.2) is 0 Å². The van der Waals surface area contributed by atoms with E-state index in [4.69, 9.17) is 17.2 Å². The first kappa shape index (κ1) is 30.0. The van der Waals surface area contributed by atoms with Crippen LogP contribution in [0.3, 0.4) is 0 Å². The molecule has 0 heterocycles. The molecule has 1 rings (SSSR count). The van der Waals surface area contributed by atoms with Crippen LogP contribution >= 0.6 is 0 Å². The number of aliphatic carboxylic acids is 1. The molecule has 0 saturated heterocycles. The Morgan fingerprint density at radius 2 is 1.37 bits per heavy atom. The second-order valence-corrected chi connectivity index (χ2v) is 8.56. The maximum atomic E-state index is 13.0. The number of hydrogen-bond donors (Lipinski definition) is 7. The number of benzene rings is 1. The Labute approximate surface area is 206 Å².